The van der Waals surface area contributed by atoms with Crippen LogP contribution in [0, 0.1) is 0 Å². The first kappa shape index (κ1) is 14.0. The first-order valence-electron chi connectivity index (χ1n) is 3.45. The van der Waals surface area contributed by atoms with Crippen LogP contribution < -0.4 is 5.73 Å². The van der Waals surface area contributed by atoms with Gasteiger partial charge in [-0.2, -0.15) is 0 Å². The summed E-state index contributed by atoms with van der Waals surface area (Å²) in [6.45, 7) is 3.44. The van der Waals surface area contributed by atoms with Crippen molar-refractivity contribution >= 4 is 27.8 Å². The van der Waals surface area contributed by atoms with Gasteiger partial charge in [-0.3, -0.25) is 9.59 Å². The fraction of sp³-hybridized carbons (Fsp3) is 0.714. The van der Waals surface area contributed by atoms with Gasteiger partial charge in [-0.1, -0.05) is 22.9 Å². The van der Waals surface area contributed by atoms with Gasteiger partial charge in [-0.15, -0.1) is 0 Å². The zero-order valence-corrected chi connectivity index (χ0v) is 9.05. The number of carbonyl (C=O) groups is 2. The number of primary amides is 1. The molecule has 1 amide bonds. The van der Waals surface area contributed by atoms with Crippen molar-refractivity contribution in [1.82, 2.24) is 0 Å². The van der Waals surface area contributed by atoms with Crippen molar-refractivity contribution in [1.29, 1.82) is 0 Å². The molecule has 0 aliphatic heterocycles. The molecule has 72 valence electrons. The molecule has 0 aliphatic carbocycles. The number of halogens is 1. The van der Waals surface area contributed by atoms with Crippen LogP contribution in [0.25, 0.3) is 0 Å². The zero-order valence-electron chi connectivity index (χ0n) is 7.46. The molecule has 0 aliphatic rings. The Morgan fingerprint density at radius 1 is 1.58 bits per heavy atom. The second kappa shape index (κ2) is 8.52. The van der Waals surface area contributed by atoms with Crippen LogP contribution in [0.1, 0.15) is 20.3 Å². The van der Waals surface area contributed by atoms with Gasteiger partial charge in [0.1, 0.15) is 0 Å². The summed E-state index contributed by atoms with van der Waals surface area (Å²) >= 11 is 2.96. The van der Waals surface area contributed by atoms with Crippen molar-refractivity contribution < 1.29 is 14.3 Å². The minimum absolute atomic E-state index is 0.157. The highest BCUT2D eigenvalue weighted by Crippen LogP contribution is 1.92. The van der Waals surface area contributed by atoms with Gasteiger partial charge in [0.2, 0.25) is 5.91 Å². The molecule has 4 nitrogen and oxygen atoms in total. The molecular weight excluding hydrogens is 226 g/mol. The molecule has 0 radical (unpaired) electrons. The van der Waals surface area contributed by atoms with Crippen molar-refractivity contribution in [2.75, 3.05) is 7.11 Å². The van der Waals surface area contributed by atoms with E-state index in [-0.39, 0.29) is 16.7 Å². The molecule has 1 atom stereocenters. The minimum atomic E-state index is -0.324. The zero-order chi connectivity index (χ0) is 10.1. The number of alkyl halides is 1. The summed E-state index contributed by atoms with van der Waals surface area (Å²) in [4.78, 5) is 19.6. The molecule has 0 spiro atoms. The standard InChI is InChI=1S/C4H8O2.C3H6BrNO/c1-3-4(5)6-2;1-2(4)3(5)6/h3H2,1-2H3;2H,1H3,(H2,5,6). The predicted molar refractivity (Wildman–Crippen MR) is 49.9 cm³/mol. The first-order chi connectivity index (χ1) is 5.45. The summed E-state index contributed by atoms with van der Waals surface area (Å²) in [6, 6.07) is 0. The average molecular weight is 240 g/mol. The van der Waals surface area contributed by atoms with Crippen molar-refractivity contribution in [2.45, 2.75) is 25.1 Å². The normalized spacial score (nSPS) is 10.7. The number of hydrogen-bond acceptors (Lipinski definition) is 3. The molecule has 0 saturated carbocycles. The molecular formula is C7H14BrNO3. The van der Waals surface area contributed by atoms with Crippen molar-refractivity contribution in [3.05, 3.63) is 0 Å². The van der Waals surface area contributed by atoms with E-state index in [1.54, 1.807) is 13.8 Å². The summed E-state index contributed by atoms with van der Waals surface area (Å²) in [5.41, 5.74) is 4.75. The Hall–Kier alpha value is -0.580. The minimum Gasteiger partial charge on any atom is -0.469 e. The Morgan fingerprint density at radius 2 is 1.92 bits per heavy atom. The van der Waals surface area contributed by atoms with E-state index in [0.717, 1.165) is 0 Å². The predicted octanol–water partition coefficient (Wildman–Crippen LogP) is 0.824. The summed E-state index contributed by atoms with van der Waals surface area (Å²) in [5.74, 6) is -0.481. The van der Waals surface area contributed by atoms with Gasteiger partial charge in [0.25, 0.3) is 0 Å². The topological polar surface area (TPSA) is 69.4 Å². The maximum atomic E-state index is 9.96. The highest BCUT2D eigenvalue weighted by molar-refractivity contribution is 9.10. The second-order valence-corrected chi connectivity index (χ2v) is 3.32. The molecule has 0 bridgehead atoms. The maximum Gasteiger partial charge on any atom is 0.305 e. The molecule has 0 aromatic carbocycles. The van der Waals surface area contributed by atoms with Crippen molar-refractivity contribution in [3.8, 4) is 0 Å². The van der Waals surface area contributed by atoms with E-state index in [4.69, 9.17) is 5.73 Å². The quantitative estimate of drug-likeness (QED) is 0.574. The summed E-state index contributed by atoms with van der Waals surface area (Å²) in [5, 5.41) is 0. The largest absolute Gasteiger partial charge is 0.469 e. The van der Waals surface area contributed by atoms with Gasteiger partial charge in [-0.05, 0) is 6.92 Å². The Labute approximate surface area is 80.6 Å². The van der Waals surface area contributed by atoms with Crippen LogP contribution in [0.15, 0.2) is 0 Å². The number of nitrogens with two attached hydrogens (primary N) is 1. The molecule has 12 heavy (non-hydrogen) atoms. The van der Waals surface area contributed by atoms with Crippen LogP contribution in [0.5, 0.6) is 0 Å². The van der Waals surface area contributed by atoms with E-state index in [9.17, 15) is 9.59 Å². The highest BCUT2D eigenvalue weighted by Gasteiger charge is 1.98. The summed E-state index contributed by atoms with van der Waals surface area (Å²) < 4.78 is 4.26. The van der Waals surface area contributed by atoms with E-state index in [1.807, 2.05) is 0 Å². The lowest BCUT2D eigenvalue weighted by atomic mass is 10.5. The second-order valence-electron chi connectivity index (χ2n) is 1.95. The Kier molecular flexibility index (Phi) is 9.92. The van der Waals surface area contributed by atoms with Gasteiger partial charge in [0, 0.05) is 6.42 Å². The van der Waals surface area contributed by atoms with Crippen LogP contribution in [0.4, 0.5) is 0 Å². The van der Waals surface area contributed by atoms with Crippen molar-refractivity contribution in [2.24, 2.45) is 5.73 Å². The van der Waals surface area contributed by atoms with E-state index in [0.29, 0.717) is 6.42 Å². The average Bonchev–Trinajstić information content (AvgIpc) is 2.04. The third-order valence-electron chi connectivity index (χ3n) is 0.908. The van der Waals surface area contributed by atoms with Crippen LogP contribution in [0.3, 0.4) is 0 Å². The van der Waals surface area contributed by atoms with Crippen molar-refractivity contribution in [3.63, 3.8) is 0 Å². The highest BCUT2D eigenvalue weighted by atomic mass is 79.9. The van der Waals surface area contributed by atoms with Gasteiger partial charge in [0.05, 0.1) is 11.9 Å². The number of esters is 1. The summed E-state index contributed by atoms with van der Waals surface area (Å²) in [6.07, 6.45) is 0.469. The Balaban J connectivity index is 0. The molecule has 1 unspecified atom stereocenters. The van der Waals surface area contributed by atoms with E-state index < -0.39 is 0 Å². The molecule has 0 saturated heterocycles. The maximum absolute atomic E-state index is 9.96. The molecule has 2 N–H and O–H groups in total. The molecule has 0 fully saturated rings. The number of amides is 1. The summed E-state index contributed by atoms with van der Waals surface area (Å²) in [7, 11) is 1.38. The van der Waals surface area contributed by atoms with E-state index in [1.165, 1.54) is 7.11 Å². The van der Waals surface area contributed by atoms with Gasteiger partial charge in [-0.25, -0.2) is 0 Å². The Bertz CT molecular complexity index is 140. The monoisotopic (exact) mass is 239 g/mol. The molecule has 5 heteroatoms. The van der Waals surface area contributed by atoms with Crippen LogP contribution in [-0.2, 0) is 14.3 Å². The number of rotatable bonds is 2. The van der Waals surface area contributed by atoms with E-state index >= 15 is 0 Å². The Morgan fingerprint density at radius 3 is 1.92 bits per heavy atom. The van der Waals surface area contributed by atoms with E-state index in [2.05, 4.69) is 20.7 Å². The number of methoxy groups -OCH3 is 1. The SMILES string of the molecule is CC(Br)C(N)=O.CCC(=O)OC. The molecule has 0 aromatic rings. The van der Waals surface area contributed by atoms with Gasteiger partial charge >= 0.3 is 5.97 Å². The van der Waals surface area contributed by atoms with Crippen LogP contribution in [-0.4, -0.2) is 23.8 Å². The van der Waals surface area contributed by atoms with Gasteiger partial charge in [0.15, 0.2) is 0 Å². The third-order valence-corrected chi connectivity index (χ3v) is 1.36. The van der Waals surface area contributed by atoms with Crippen LogP contribution in [0.2, 0.25) is 0 Å². The third kappa shape index (κ3) is 12.1. The van der Waals surface area contributed by atoms with Gasteiger partial charge < -0.3 is 10.5 Å². The lowest BCUT2D eigenvalue weighted by Gasteiger charge is -1.88. The fourth-order valence-corrected chi connectivity index (χ4v) is 0.144. The molecule has 0 aromatic heterocycles. The smallest absolute Gasteiger partial charge is 0.305 e. The number of carbonyl (C=O) groups excluding carboxylic acids is 2. The molecule has 0 rings (SSSR count). The number of ether oxygens (including phenoxy) is 1. The molecule has 0 heterocycles. The van der Waals surface area contributed by atoms with Crippen LogP contribution >= 0.6 is 15.9 Å². The number of hydrogen-bond donors (Lipinski definition) is 1. The first-order valence-corrected chi connectivity index (χ1v) is 4.37. The fourth-order valence-electron chi connectivity index (χ4n) is 0.144. The lowest BCUT2D eigenvalue weighted by Crippen LogP contribution is -2.19. The lowest BCUT2D eigenvalue weighted by molar-refractivity contribution is -0.140.